The van der Waals surface area contributed by atoms with Gasteiger partial charge in [0, 0.05) is 19.0 Å². The molecule has 1 aromatic heterocycles. The highest BCUT2D eigenvalue weighted by molar-refractivity contribution is 5.41. The number of aromatic hydroxyl groups is 1. The summed E-state index contributed by atoms with van der Waals surface area (Å²) < 4.78 is 10.6. The van der Waals surface area contributed by atoms with Crippen LogP contribution in [0.15, 0.2) is 28.8 Å². The molecule has 1 saturated heterocycles. The van der Waals surface area contributed by atoms with Gasteiger partial charge < -0.3 is 14.4 Å². The van der Waals surface area contributed by atoms with Crippen molar-refractivity contribution in [1.29, 1.82) is 0 Å². The second kappa shape index (κ2) is 7.04. The largest absolute Gasteiger partial charge is 0.504 e. The molecule has 3 rings (SSSR count). The predicted octanol–water partition coefficient (Wildman–Crippen LogP) is 3.68. The Morgan fingerprint density at radius 3 is 3.04 bits per heavy atom. The van der Waals surface area contributed by atoms with Crippen LogP contribution in [-0.4, -0.2) is 28.8 Å². The predicted molar refractivity (Wildman–Crippen MR) is 87.5 cm³/mol. The highest BCUT2D eigenvalue weighted by Crippen LogP contribution is 2.34. The van der Waals surface area contributed by atoms with Crippen molar-refractivity contribution < 1.29 is 14.4 Å². The maximum absolute atomic E-state index is 9.72. The molecule has 0 radical (unpaired) electrons. The van der Waals surface area contributed by atoms with Crippen LogP contribution in [0.4, 0.5) is 0 Å². The number of ether oxygens (including phenoxy) is 1. The number of aromatic nitrogens is 1. The first-order valence-corrected chi connectivity index (χ1v) is 8.26. The van der Waals surface area contributed by atoms with E-state index >= 15 is 0 Å². The van der Waals surface area contributed by atoms with Crippen molar-refractivity contribution in [3.63, 3.8) is 0 Å². The lowest BCUT2D eigenvalue weighted by atomic mass is 10.1. The molecule has 1 aromatic carbocycles. The van der Waals surface area contributed by atoms with Gasteiger partial charge in [0.2, 0.25) is 0 Å². The standard InChI is InChI=1S/C18H24N2O3/c1-3-5-14-11-15(19-23-14)16-6-4-9-20(16)12-13-7-8-17(21)18(10-13)22-2/h7-8,10-11,16,21H,3-6,9,12H2,1-2H3/t16-/m0/s1. The van der Waals surface area contributed by atoms with Gasteiger partial charge in [-0.25, -0.2) is 0 Å². The van der Waals surface area contributed by atoms with Crippen LogP contribution in [0.2, 0.25) is 0 Å². The third-order valence-electron chi connectivity index (χ3n) is 4.41. The lowest BCUT2D eigenvalue weighted by molar-refractivity contribution is 0.236. The molecule has 0 amide bonds. The maximum atomic E-state index is 9.72. The van der Waals surface area contributed by atoms with E-state index in [9.17, 15) is 5.11 Å². The Bertz CT molecular complexity index is 653. The first-order valence-electron chi connectivity index (χ1n) is 8.26. The summed E-state index contributed by atoms with van der Waals surface area (Å²) in [6.07, 6.45) is 4.27. The topological polar surface area (TPSA) is 58.7 Å². The maximum Gasteiger partial charge on any atom is 0.160 e. The molecule has 5 nitrogen and oxygen atoms in total. The molecule has 0 spiro atoms. The van der Waals surface area contributed by atoms with Crippen molar-refractivity contribution >= 4 is 0 Å². The summed E-state index contributed by atoms with van der Waals surface area (Å²) in [7, 11) is 1.57. The molecule has 0 unspecified atom stereocenters. The van der Waals surface area contributed by atoms with Crippen molar-refractivity contribution in [2.24, 2.45) is 0 Å². The molecule has 2 aromatic rings. The van der Waals surface area contributed by atoms with E-state index in [0.717, 1.165) is 55.8 Å². The van der Waals surface area contributed by atoms with Crippen LogP contribution < -0.4 is 4.74 Å². The zero-order chi connectivity index (χ0) is 16.2. The molecule has 124 valence electrons. The number of likely N-dealkylation sites (tertiary alicyclic amines) is 1. The molecule has 1 aliphatic heterocycles. The van der Waals surface area contributed by atoms with Crippen molar-refractivity contribution in [2.45, 2.75) is 45.2 Å². The molecule has 1 aliphatic rings. The average Bonchev–Trinajstić information content (AvgIpc) is 3.18. The monoisotopic (exact) mass is 316 g/mol. The van der Waals surface area contributed by atoms with Crippen LogP contribution in [0.3, 0.4) is 0 Å². The molecule has 5 heteroatoms. The number of phenols is 1. The second-order valence-corrected chi connectivity index (χ2v) is 6.10. The van der Waals surface area contributed by atoms with Gasteiger partial charge in [-0.05, 0) is 43.5 Å². The Hall–Kier alpha value is -2.01. The van der Waals surface area contributed by atoms with Gasteiger partial charge in [0.1, 0.15) is 11.5 Å². The first-order chi connectivity index (χ1) is 11.2. The fourth-order valence-corrected chi connectivity index (χ4v) is 3.26. The van der Waals surface area contributed by atoms with Gasteiger partial charge in [0.25, 0.3) is 0 Å². The molecule has 1 fully saturated rings. The minimum Gasteiger partial charge on any atom is -0.504 e. The van der Waals surface area contributed by atoms with E-state index in [-0.39, 0.29) is 5.75 Å². The summed E-state index contributed by atoms with van der Waals surface area (Å²) in [5.41, 5.74) is 2.17. The fourth-order valence-electron chi connectivity index (χ4n) is 3.26. The van der Waals surface area contributed by atoms with E-state index in [0.29, 0.717) is 11.8 Å². The van der Waals surface area contributed by atoms with Crippen LogP contribution in [0, 0.1) is 0 Å². The summed E-state index contributed by atoms with van der Waals surface area (Å²) in [6.45, 7) is 4.00. The summed E-state index contributed by atoms with van der Waals surface area (Å²) in [5, 5.41) is 14.0. The summed E-state index contributed by atoms with van der Waals surface area (Å²) >= 11 is 0. The minimum absolute atomic E-state index is 0.176. The lowest BCUT2D eigenvalue weighted by Crippen LogP contribution is -2.23. The van der Waals surface area contributed by atoms with E-state index in [1.165, 1.54) is 0 Å². The van der Waals surface area contributed by atoms with Crippen LogP contribution in [-0.2, 0) is 13.0 Å². The quantitative estimate of drug-likeness (QED) is 0.881. The summed E-state index contributed by atoms with van der Waals surface area (Å²) in [5.74, 6) is 1.67. The Labute approximate surface area is 136 Å². The van der Waals surface area contributed by atoms with Gasteiger partial charge in [0.15, 0.2) is 11.5 Å². The Morgan fingerprint density at radius 1 is 1.39 bits per heavy atom. The lowest BCUT2D eigenvalue weighted by Gasteiger charge is -2.23. The third-order valence-corrected chi connectivity index (χ3v) is 4.41. The van der Waals surface area contributed by atoms with Gasteiger partial charge in [-0.15, -0.1) is 0 Å². The van der Waals surface area contributed by atoms with Crippen LogP contribution in [0.1, 0.15) is 49.2 Å². The molecule has 1 atom stereocenters. The van der Waals surface area contributed by atoms with Gasteiger partial charge in [-0.2, -0.15) is 0 Å². The Kier molecular flexibility index (Phi) is 4.86. The van der Waals surface area contributed by atoms with E-state index < -0.39 is 0 Å². The normalized spacial score (nSPS) is 18.4. The van der Waals surface area contributed by atoms with Gasteiger partial charge >= 0.3 is 0 Å². The minimum atomic E-state index is 0.176. The highest BCUT2D eigenvalue weighted by Gasteiger charge is 2.28. The number of rotatable bonds is 6. The number of hydrogen-bond acceptors (Lipinski definition) is 5. The van der Waals surface area contributed by atoms with Gasteiger partial charge in [-0.3, -0.25) is 4.90 Å². The zero-order valence-corrected chi connectivity index (χ0v) is 13.8. The average molecular weight is 316 g/mol. The molecule has 0 saturated carbocycles. The number of aryl methyl sites for hydroxylation is 1. The molecule has 0 bridgehead atoms. The number of methoxy groups -OCH3 is 1. The Morgan fingerprint density at radius 2 is 2.26 bits per heavy atom. The number of hydrogen-bond donors (Lipinski definition) is 1. The SMILES string of the molecule is CCCc1cc([C@@H]2CCCN2Cc2ccc(O)c(OC)c2)no1. The van der Waals surface area contributed by atoms with Crippen LogP contribution in [0.25, 0.3) is 0 Å². The fraction of sp³-hybridized carbons (Fsp3) is 0.500. The van der Waals surface area contributed by atoms with Crippen molar-refractivity contribution in [3.05, 3.63) is 41.3 Å². The molecule has 1 N–H and O–H groups in total. The van der Waals surface area contributed by atoms with Crippen LogP contribution >= 0.6 is 0 Å². The van der Waals surface area contributed by atoms with E-state index in [1.807, 2.05) is 12.1 Å². The summed E-state index contributed by atoms with van der Waals surface area (Å²) in [6, 6.07) is 7.94. The second-order valence-electron chi connectivity index (χ2n) is 6.10. The molecule has 23 heavy (non-hydrogen) atoms. The summed E-state index contributed by atoms with van der Waals surface area (Å²) in [4.78, 5) is 2.42. The zero-order valence-electron chi connectivity index (χ0n) is 13.8. The first kappa shape index (κ1) is 15.9. The molecule has 0 aliphatic carbocycles. The number of phenolic OH excluding ortho intramolecular Hbond substituents is 1. The van der Waals surface area contributed by atoms with Gasteiger partial charge in [0.05, 0.1) is 13.2 Å². The number of benzene rings is 1. The van der Waals surface area contributed by atoms with Crippen molar-refractivity contribution in [2.75, 3.05) is 13.7 Å². The van der Waals surface area contributed by atoms with E-state index in [2.05, 4.69) is 23.0 Å². The van der Waals surface area contributed by atoms with Crippen molar-refractivity contribution in [3.8, 4) is 11.5 Å². The van der Waals surface area contributed by atoms with Gasteiger partial charge in [-0.1, -0.05) is 18.1 Å². The smallest absolute Gasteiger partial charge is 0.160 e. The molecular formula is C18H24N2O3. The molecular weight excluding hydrogens is 292 g/mol. The van der Waals surface area contributed by atoms with Crippen molar-refractivity contribution in [1.82, 2.24) is 10.1 Å². The molecule has 2 heterocycles. The van der Waals surface area contributed by atoms with E-state index in [1.54, 1.807) is 13.2 Å². The third kappa shape index (κ3) is 3.50. The Balaban J connectivity index is 1.73. The number of nitrogens with zero attached hydrogens (tertiary/aromatic N) is 2. The highest BCUT2D eigenvalue weighted by atomic mass is 16.5. The van der Waals surface area contributed by atoms with E-state index in [4.69, 9.17) is 9.26 Å². The van der Waals surface area contributed by atoms with Crippen LogP contribution in [0.5, 0.6) is 11.5 Å².